The maximum Gasteiger partial charge on any atom is 0.414 e. The molecule has 15 amide bonds. The second-order valence-corrected chi connectivity index (χ2v) is 32.5. The lowest BCUT2D eigenvalue weighted by atomic mass is 9.98. The summed E-state index contributed by atoms with van der Waals surface area (Å²) < 4.78 is 47.9. The number of alkyl carbamates (subject to hydrolysis) is 2. The van der Waals surface area contributed by atoms with Gasteiger partial charge in [-0.3, -0.25) is 78.0 Å². The summed E-state index contributed by atoms with van der Waals surface area (Å²) in [5, 5.41) is 35.6. The zero-order valence-corrected chi connectivity index (χ0v) is 73.1. The predicted octanol–water partition coefficient (Wildman–Crippen LogP) is 0.592. The number of nitrogens with zero attached hydrogens (tertiary/aromatic N) is 1. The van der Waals surface area contributed by atoms with Gasteiger partial charge in [0, 0.05) is 26.6 Å². The molecule has 0 unspecified atom stereocenters. The number of esters is 2. The van der Waals surface area contributed by atoms with Crippen molar-refractivity contribution >= 4 is 101 Å². The average molecular weight is 1690 g/mol. The molecule has 0 rings (SSSR count). The van der Waals surface area contributed by atoms with Gasteiger partial charge in [0.05, 0.1) is 92.6 Å². The number of urea groups is 1. The van der Waals surface area contributed by atoms with Crippen LogP contribution in [0.4, 0.5) is 14.4 Å². The number of guanidine groups is 1. The number of rotatable bonds is 55. The Bertz CT molecular complexity index is 3210. The lowest BCUT2D eigenvalue weighted by Gasteiger charge is -2.31. The molecule has 16 N–H and O–H groups in total. The molecule has 0 saturated heterocycles. The van der Waals surface area contributed by atoms with Gasteiger partial charge < -0.3 is 112 Å². The summed E-state index contributed by atoms with van der Waals surface area (Å²) in [6.45, 7) is 33.9. The van der Waals surface area contributed by atoms with E-state index in [1.807, 2.05) is 13.8 Å². The molecule has 118 heavy (non-hydrogen) atoms. The largest absolute Gasteiger partial charge is 0.469 e. The minimum absolute atomic E-state index is 0.0115. The van der Waals surface area contributed by atoms with E-state index in [-0.39, 0.29) is 134 Å². The first kappa shape index (κ1) is 108. The summed E-state index contributed by atoms with van der Waals surface area (Å²) in [4.78, 5) is 218. The Labute approximate surface area is 693 Å². The number of nitrogens with one attached hydrogen (secondary N) is 14. The molecule has 0 spiro atoms. The summed E-state index contributed by atoms with van der Waals surface area (Å²) in [7, 11) is 1.31. The quantitative estimate of drug-likeness (QED) is 0.0130. The number of amides is 15. The van der Waals surface area contributed by atoms with Crippen molar-refractivity contribution in [3.63, 3.8) is 0 Å². The lowest BCUT2D eigenvalue weighted by molar-refractivity contribution is -0.156. The lowest BCUT2D eigenvalue weighted by Crippen LogP contribution is -2.63. The van der Waals surface area contributed by atoms with Crippen LogP contribution < -0.4 is 80.2 Å². The molecule has 0 radical (unpaired) electrons. The average Bonchev–Trinajstić information content (AvgIpc) is 0.839. The summed E-state index contributed by atoms with van der Waals surface area (Å²) in [6, 6.07) is -11.8. The van der Waals surface area contributed by atoms with Crippen molar-refractivity contribution in [3.05, 3.63) is 0 Å². The molecular formula is C77H138N16O25. The van der Waals surface area contributed by atoms with Crippen LogP contribution in [0.3, 0.4) is 0 Å². The van der Waals surface area contributed by atoms with Crippen LogP contribution >= 0.6 is 0 Å². The number of hydrogen-bond donors (Lipinski definition) is 15. The minimum atomic E-state index is -1.73. The molecule has 41 heteroatoms. The van der Waals surface area contributed by atoms with E-state index in [0.29, 0.717) is 39.6 Å². The van der Waals surface area contributed by atoms with Crippen molar-refractivity contribution < 1.29 is 119 Å². The summed E-state index contributed by atoms with van der Waals surface area (Å²) in [5.74, 6) is -11.3. The van der Waals surface area contributed by atoms with E-state index >= 15 is 0 Å². The van der Waals surface area contributed by atoms with Crippen LogP contribution in [0.25, 0.3) is 0 Å². The highest BCUT2D eigenvalue weighted by Gasteiger charge is 2.38. The number of hydrogen-bond acceptors (Lipinski definition) is 26. The second-order valence-electron chi connectivity index (χ2n) is 32.5. The van der Waals surface area contributed by atoms with Gasteiger partial charge in [0.25, 0.3) is 0 Å². The normalized spacial score (nSPS) is 13.6. The van der Waals surface area contributed by atoms with Crippen LogP contribution in [-0.2, 0) is 105 Å². The van der Waals surface area contributed by atoms with Crippen LogP contribution in [0.5, 0.6) is 0 Å². The first-order chi connectivity index (χ1) is 54.9. The Morgan fingerprint density at radius 1 is 0.407 bits per heavy atom. The third-order valence-electron chi connectivity index (χ3n) is 15.8. The summed E-state index contributed by atoms with van der Waals surface area (Å²) >= 11 is 0. The second kappa shape index (κ2) is 56.7. The van der Waals surface area contributed by atoms with E-state index in [4.69, 9.17) is 43.6 Å². The van der Waals surface area contributed by atoms with Gasteiger partial charge in [-0.25, -0.2) is 14.4 Å². The topological polar surface area (TPSA) is 563 Å². The molecule has 0 fully saturated rings. The fraction of sp³-hybridized carbons (Fsp3) is 0.779. The number of ether oxygens (including phenoxy) is 9. The van der Waals surface area contributed by atoms with Gasteiger partial charge in [-0.15, -0.1) is 0 Å². The minimum Gasteiger partial charge on any atom is -0.469 e. The highest BCUT2D eigenvalue weighted by molar-refractivity contribution is 6.02. The number of methoxy groups -OCH3 is 1. The molecule has 0 aromatic carbocycles. The van der Waals surface area contributed by atoms with Gasteiger partial charge in [-0.2, -0.15) is 0 Å². The number of primary amides is 1. The van der Waals surface area contributed by atoms with Crippen LogP contribution in [0.15, 0.2) is 4.99 Å². The molecule has 0 aromatic heterocycles. The summed E-state index contributed by atoms with van der Waals surface area (Å²) in [5.41, 5.74) is 0.698. The van der Waals surface area contributed by atoms with Crippen LogP contribution in [0.2, 0.25) is 0 Å². The van der Waals surface area contributed by atoms with Crippen molar-refractivity contribution in [1.29, 1.82) is 0 Å². The van der Waals surface area contributed by atoms with E-state index in [1.54, 1.807) is 96.9 Å². The molecule has 0 aliphatic rings. The molecular weight excluding hydrogens is 1550 g/mol. The molecule has 41 nitrogen and oxygen atoms in total. The van der Waals surface area contributed by atoms with Crippen LogP contribution in [-0.4, -0.2) is 271 Å². The Morgan fingerprint density at radius 3 is 1.28 bits per heavy atom. The number of nitrogens with two attached hydrogens (primary N) is 1. The van der Waals surface area contributed by atoms with E-state index < -0.39 is 173 Å². The smallest absolute Gasteiger partial charge is 0.414 e. The van der Waals surface area contributed by atoms with Gasteiger partial charge in [0.2, 0.25) is 70.9 Å². The Morgan fingerprint density at radius 2 is 0.822 bits per heavy atom. The monoisotopic (exact) mass is 1690 g/mol. The molecule has 0 saturated carbocycles. The van der Waals surface area contributed by atoms with Crippen molar-refractivity contribution in [1.82, 2.24) is 74.4 Å². The highest BCUT2D eigenvalue weighted by atomic mass is 16.6. The van der Waals surface area contributed by atoms with Crippen molar-refractivity contribution in [3.8, 4) is 0 Å². The molecule has 0 aliphatic heterocycles. The number of carbonyl (C=O) groups is 16. The van der Waals surface area contributed by atoms with Crippen LogP contribution in [0.1, 0.15) is 203 Å². The highest BCUT2D eigenvalue weighted by Crippen LogP contribution is 2.16. The zero-order chi connectivity index (χ0) is 90.1. The Balaban J connectivity index is 6.29. The molecule has 8 atom stereocenters. The van der Waals surface area contributed by atoms with Gasteiger partial charge in [-0.1, -0.05) is 48.5 Å². The predicted molar refractivity (Wildman–Crippen MR) is 432 cm³/mol. The standard InChI is InChI=1S/C77H138N16O25/c1-22-51(64(101)88-56(43-48(6)7)66(103)87-53(26-23-28-80-70(78)107)68(105)93-77(19,20)69(106)90-54(41-46(2)3)63(100)79-30-32-112-34-36-114-38-40-115-39-37-113-35-33-111-31-27-59(96)110-21)86-61(98)49(8)83-65(102)55(42-47(4)5)89-67(104)57(44-60(97)116-74(10,11)12)85-58(95)45-82-62(99)52(84-50(9)94)25-24-29-81-71(91-72(108)117-75(13,14)15)92-73(109)118-76(16,17)18/h46-49,51-57H,22-45H2,1-21H3,(H,79,100)(H,82,99)(H,83,102)(H,84,94)(H,85,95)(H,86,98)(H,87,103)(H,88,101)(H,89,104)(H,90,106)(H,93,105)(H3,78,80,107)(H2,81,91,92,108,109)/t49-,51-,52-,53-,54-,55-,56-,57-/m0/s1. The molecule has 676 valence electrons. The molecule has 0 heterocycles. The maximum absolute atomic E-state index is 14.4. The van der Waals surface area contributed by atoms with Crippen LogP contribution in [0, 0.1) is 17.8 Å². The summed E-state index contributed by atoms with van der Waals surface area (Å²) in [6.07, 6.45) is -2.44. The van der Waals surface area contributed by atoms with Crippen molar-refractivity contribution in [2.75, 3.05) is 99.4 Å². The molecule has 0 aliphatic carbocycles. The first-order valence-electron chi connectivity index (χ1n) is 39.9. The van der Waals surface area contributed by atoms with Gasteiger partial charge in [0.15, 0.2) is 0 Å². The van der Waals surface area contributed by atoms with E-state index in [2.05, 4.69) is 84.2 Å². The number of carbonyl (C=O) groups excluding carboxylic acids is 16. The maximum atomic E-state index is 14.4. The van der Waals surface area contributed by atoms with Crippen molar-refractivity contribution in [2.45, 2.75) is 273 Å². The van der Waals surface area contributed by atoms with E-state index in [0.717, 1.165) is 6.92 Å². The fourth-order valence-corrected chi connectivity index (χ4v) is 10.3. The van der Waals surface area contributed by atoms with E-state index in [9.17, 15) is 76.7 Å². The Hall–Kier alpha value is -9.61. The van der Waals surface area contributed by atoms with Gasteiger partial charge >= 0.3 is 30.2 Å². The molecule has 0 bridgehead atoms. The van der Waals surface area contributed by atoms with Gasteiger partial charge in [0.1, 0.15) is 70.7 Å². The molecule has 0 aromatic rings. The van der Waals surface area contributed by atoms with E-state index in [1.165, 1.54) is 27.9 Å². The SMILES string of the molecule is CC[C@H](NC(=O)[C@H](C)NC(=O)[C@H](CC(C)C)NC(=O)[C@H](CC(=O)OC(C)(C)C)NC(=O)CNC(=O)[C@H](CCCN=C(NC(=O)OC(C)(C)C)NC(=O)OC(C)(C)C)NC(C)=O)C(=O)N[C@@H](CC(C)C)C(=O)N[C@@H](CCCNC(N)=O)C(=O)NC(C)(C)C(=O)N[C@@H](CC(C)C)C(=O)NCCOCCOCCOCCOCCOCCC(=O)OC. The third kappa shape index (κ3) is 53.7. The zero-order valence-electron chi connectivity index (χ0n) is 73.1. The first-order valence-corrected chi connectivity index (χ1v) is 39.9. The Kier molecular flexibility index (Phi) is 52.1. The third-order valence-corrected chi connectivity index (χ3v) is 15.8. The fourth-order valence-electron chi connectivity index (χ4n) is 10.3. The number of aliphatic imine (C=N–C) groups is 1. The van der Waals surface area contributed by atoms with Crippen molar-refractivity contribution in [2.24, 2.45) is 28.5 Å². The van der Waals surface area contributed by atoms with Gasteiger partial charge in [-0.05, 0) is 152 Å².